The van der Waals surface area contributed by atoms with Crippen molar-refractivity contribution in [1.82, 2.24) is 20.1 Å². The van der Waals surface area contributed by atoms with E-state index in [4.69, 9.17) is 23.2 Å². The van der Waals surface area contributed by atoms with Crippen LogP contribution in [0.4, 0.5) is 0 Å². The molecule has 0 radical (unpaired) electrons. The second-order valence-electron chi connectivity index (χ2n) is 8.48. The number of benzene rings is 3. The molecule has 4 aromatic rings. The topological polar surface area (TPSA) is 59.8 Å². The SMILES string of the molecule is Cc1ccc(-c2nnc(SCCCCC(=O)NCCc3ccc(Cl)cc3Cl)n2-c2ccccc2)cc1. The molecule has 0 atom stereocenters. The minimum Gasteiger partial charge on any atom is -0.356 e. The van der Waals surface area contributed by atoms with Crippen LogP contribution in [0.1, 0.15) is 30.4 Å². The molecule has 0 unspecified atom stereocenters. The standard InChI is InChI=1S/C28H28Cl2N4OS/c1-20-10-12-22(13-11-20)27-32-33-28(34(27)24-7-3-2-4-8-24)36-18-6-5-9-26(35)31-17-16-21-14-15-23(29)19-25(21)30/h2-4,7-8,10-15,19H,5-6,9,16-18H2,1H3,(H,31,35). The van der Waals surface area contributed by atoms with Gasteiger partial charge in [-0.1, -0.05) is 89.1 Å². The summed E-state index contributed by atoms with van der Waals surface area (Å²) in [5.74, 6) is 1.73. The van der Waals surface area contributed by atoms with Gasteiger partial charge in [0.15, 0.2) is 11.0 Å². The quantitative estimate of drug-likeness (QED) is 0.162. The molecular weight excluding hydrogens is 511 g/mol. The molecule has 36 heavy (non-hydrogen) atoms. The Kier molecular flexibility index (Phi) is 9.45. The van der Waals surface area contributed by atoms with Gasteiger partial charge >= 0.3 is 0 Å². The summed E-state index contributed by atoms with van der Waals surface area (Å²) < 4.78 is 2.10. The minimum atomic E-state index is 0.0548. The van der Waals surface area contributed by atoms with Gasteiger partial charge in [0.1, 0.15) is 0 Å². The highest BCUT2D eigenvalue weighted by atomic mass is 35.5. The van der Waals surface area contributed by atoms with Crippen LogP contribution in [0.5, 0.6) is 0 Å². The molecule has 186 valence electrons. The van der Waals surface area contributed by atoms with E-state index >= 15 is 0 Å². The van der Waals surface area contributed by atoms with E-state index in [0.29, 0.717) is 29.4 Å². The molecule has 0 saturated heterocycles. The van der Waals surface area contributed by atoms with Crippen molar-refractivity contribution < 1.29 is 4.79 Å². The van der Waals surface area contributed by atoms with Gasteiger partial charge in [-0.05, 0) is 56.0 Å². The molecule has 0 fully saturated rings. The number of aryl methyl sites for hydroxylation is 1. The van der Waals surface area contributed by atoms with Crippen LogP contribution in [0.25, 0.3) is 17.1 Å². The van der Waals surface area contributed by atoms with E-state index in [-0.39, 0.29) is 5.91 Å². The molecule has 0 spiro atoms. The van der Waals surface area contributed by atoms with E-state index in [9.17, 15) is 4.79 Å². The van der Waals surface area contributed by atoms with Crippen LogP contribution in [0.2, 0.25) is 10.0 Å². The smallest absolute Gasteiger partial charge is 0.220 e. The molecule has 1 N–H and O–H groups in total. The number of halogens is 2. The fourth-order valence-electron chi connectivity index (χ4n) is 3.76. The van der Waals surface area contributed by atoms with E-state index in [1.165, 1.54) is 5.56 Å². The zero-order valence-corrected chi connectivity index (χ0v) is 22.4. The van der Waals surface area contributed by atoms with Crippen molar-refractivity contribution in [2.24, 2.45) is 0 Å². The number of thioether (sulfide) groups is 1. The van der Waals surface area contributed by atoms with E-state index in [2.05, 4.69) is 63.4 Å². The van der Waals surface area contributed by atoms with Gasteiger partial charge in [-0.3, -0.25) is 9.36 Å². The second-order valence-corrected chi connectivity index (χ2v) is 10.4. The Balaban J connectivity index is 1.27. The number of amides is 1. The molecule has 0 saturated carbocycles. The number of nitrogens with one attached hydrogen (secondary N) is 1. The lowest BCUT2D eigenvalue weighted by atomic mass is 10.1. The van der Waals surface area contributed by atoms with Gasteiger partial charge in [-0.2, -0.15) is 0 Å². The number of hydrogen-bond donors (Lipinski definition) is 1. The second kappa shape index (κ2) is 12.9. The average Bonchev–Trinajstić information content (AvgIpc) is 3.30. The highest BCUT2D eigenvalue weighted by Gasteiger charge is 2.16. The lowest BCUT2D eigenvalue weighted by molar-refractivity contribution is -0.121. The van der Waals surface area contributed by atoms with Crippen molar-refractivity contribution in [1.29, 1.82) is 0 Å². The Labute approximate surface area is 226 Å². The summed E-state index contributed by atoms with van der Waals surface area (Å²) in [6.07, 6.45) is 2.89. The third-order valence-corrected chi connectivity index (χ3v) is 7.32. The van der Waals surface area contributed by atoms with Crippen LogP contribution in [0.3, 0.4) is 0 Å². The molecule has 1 heterocycles. The van der Waals surface area contributed by atoms with Crippen LogP contribution in [-0.2, 0) is 11.2 Å². The number of carbonyl (C=O) groups is 1. The lowest BCUT2D eigenvalue weighted by Crippen LogP contribution is -2.25. The third-order valence-electron chi connectivity index (χ3n) is 5.72. The van der Waals surface area contributed by atoms with Gasteiger partial charge in [-0.15, -0.1) is 10.2 Å². The Bertz CT molecular complexity index is 1290. The number of unbranched alkanes of at least 4 members (excludes halogenated alkanes) is 1. The van der Waals surface area contributed by atoms with E-state index < -0.39 is 0 Å². The Morgan fingerprint density at radius 2 is 1.75 bits per heavy atom. The van der Waals surface area contributed by atoms with Gasteiger partial charge in [0, 0.05) is 40.0 Å². The normalized spacial score (nSPS) is 11.0. The molecule has 0 aliphatic rings. The first-order valence-corrected chi connectivity index (χ1v) is 13.7. The summed E-state index contributed by atoms with van der Waals surface area (Å²) in [4.78, 5) is 12.2. The number of rotatable bonds is 11. The Hall–Kier alpha value is -2.80. The molecular formula is C28H28Cl2N4OS. The van der Waals surface area contributed by atoms with Gasteiger partial charge in [0.25, 0.3) is 0 Å². The Morgan fingerprint density at radius 1 is 0.972 bits per heavy atom. The molecule has 3 aromatic carbocycles. The number of hydrogen-bond acceptors (Lipinski definition) is 4. The number of aromatic nitrogens is 3. The maximum absolute atomic E-state index is 12.2. The molecule has 1 amide bonds. The molecule has 8 heteroatoms. The highest BCUT2D eigenvalue weighted by Crippen LogP contribution is 2.28. The number of nitrogens with zero attached hydrogens (tertiary/aromatic N) is 3. The highest BCUT2D eigenvalue weighted by molar-refractivity contribution is 7.99. The van der Waals surface area contributed by atoms with Crippen molar-refractivity contribution in [3.05, 3.63) is 94.0 Å². The van der Waals surface area contributed by atoms with Crippen LogP contribution in [0, 0.1) is 6.92 Å². The fourth-order valence-corrected chi connectivity index (χ4v) is 5.22. The van der Waals surface area contributed by atoms with E-state index in [1.54, 1.807) is 17.8 Å². The third kappa shape index (κ3) is 7.12. The molecule has 0 bridgehead atoms. The summed E-state index contributed by atoms with van der Waals surface area (Å²) in [7, 11) is 0. The summed E-state index contributed by atoms with van der Waals surface area (Å²) in [5, 5.41) is 14.0. The van der Waals surface area contributed by atoms with Crippen LogP contribution >= 0.6 is 35.0 Å². The first kappa shape index (κ1) is 26.3. The van der Waals surface area contributed by atoms with Crippen molar-refractivity contribution in [2.45, 2.75) is 37.8 Å². The summed E-state index contributed by atoms with van der Waals surface area (Å²) in [6, 6.07) is 23.9. The fraction of sp³-hybridized carbons (Fsp3) is 0.250. The van der Waals surface area contributed by atoms with Crippen molar-refractivity contribution >= 4 is 40.9 Å². The van der Waals surface area contributed by atoms with Crippen molar-refractivity contribution in [2.75, 3.05) is 12.3 Å². The summed E-state index contributed by atoms with van der Waals surface area (Å²) in [6.45, 7) is 2.62. The largest absolute Gasteiger partial charge is 0.356 e. The lowest BCUT2D eigenvalue weighted by Gasteiger charge is -2.10. The predicted molar refractivity (Wildman–Crippen MR) is 149 cm³/mol. The maximum Gasteiger partial charge on any atom is 0.220 e. The molecule has 4 rings (SSSR count). The molecule has 5 nitrogen and oxygen atoms in total. The van der Waals surface area contributed by atoms with Crippen molar-refractivity contribution in [3.8, 4) is 17.1 Å². The number of para-hydroxylation sites is 1. The Morgan fingerprint density at radius 3 is 2.50 bits per heavy atom. The van der Waals surface area contributed by atoms with Gasteiger partial charge in [-0.25, -0.2) is 0 Å². The van der Waals surface area contributed by atoms with Crippen LogP contribution < -0.4 is 5.32 Å². The van der Waals surface area contributed by atoms with Crippen molar-refractivity contribution in [3.63, 3.8) is 0 Å². The van der Waals surface area contributed by atoms with Crippen LogP contribution in [0.15, 0.2) is 78.0 Å². The summed E-state index contributed by atoms with van der Waals surface area (Å²) >= 11 is 13.8. The van der Waals surface area contributed by atoms with E-state index in [0.717, 1.165) is 46.4 Å². The van der Waals surface area contributed by atoms with E-state index in [1.807, 2.05) is 30.3 Å². The first-order chi connectivity index (χ1) is 17.5. The maximum atomic E-state index is 12.2. The minimum absolute atomic E-state index is 0.0548. The first-order valence-electron chi connectivity index (χ1n) is 11.9. The van der Waals surface area contributed by atoms with Gasteiger partial charge in [0.2, 0.25) is 5.91 Å². The van der Waals surface area contributed by atoms with Gasteiger partial charge in [0.05, 0.1) is 0 Å². The zero-order valence-electron chi connectivity index (χ0n) is 20.1. The number of carbonyl (C=O) groups excluding carboxylic acids is 1. The van der Waals surface area contributed by atoms with Gasteiger partial charge < -0.3 is 5.32 Å². The predicted octanol–water partition coefficient (Wildman–Crippen LogP) is 7.17. The van der Waals surface area contributed by atoms with Crippen LogP contribution in [-0.4, -0.2) is 33.0 Å². The molecule has 0 aliphatic carbocycles. The average molecular weight is 540 g/mol. The monoisotopic (exact) mass is 538 g/mol. The zero-order chi connectivity index (χ0) is 25.3. The molecule has 1 aromatic heterocycles. The molecule has 0 aliphatic heterocycles. The summed E-state index contributed by atoms with van der Waals surface area (Å²) in [5.41, 5.74) is 4.24.